The van der Waals surface area contributed by atoms with Crippen molar-refractivity contribution in [3.8, 4) is 11.6 Å². The van der Waals surface area contributed by atoms with Crippen LogP contribution in [0.1, 0.15) is 38.2 Å². The van der Waals surface area contributed by atoms with Crippen molar-refractivity contribution in [2.45, 2.75) is 51.3 Å². The lowest BCUT2D eigenvalue weighted by molar-refractivity contribution is 0.120. The molecule has 1 aliphatic carbocycles. The Bertz CT molecular complexity index is 760. The number of aliphatic imine (C=N–C) groups is 1. The number of aliphatic hydroxyl groups is 1. The van der Waals surface area contributed by atoms with Gasteiger partial charge in [0.05, 0.1) is 12.6 Å². The van der Waals surface area contributed by atoms with Crippen molar-refractivity contribution in [3.05, 3.63) is 54.2 Å². The summed E-state index contributed by atoms with van der Waals surface area (Å²) in [5.74, 6) is 2.21. The van der Waals surface area contributed by atoms with Crippen LogP contribution in [-0.4, -0.2) is 48.0 Å². The van der Waals surface area contributed by atoms with Gasteiger partial charge in [-0.25, -0.2) is 9.98 Å². The van der Waals surface area contributed by atoms with Crippen molar-refractivity contribution in [2.24, 2.45) is 4.99 Å². The maximum absolute atomic E-state index is 9.66. The first-order valence-corrected chi connectivity index (χ1v) is 10.7. The molecular formula is C23H32N4O3. The first-order chi connectivity index (χ1) is 14.7. The molecule has 0 radical (unpaired) electrons. The third-order valence-corrected chi connectivity index (χ3v) is 4.94. The Kier molecular flexibility index (Phi) is 8.78. The van der Waals surface area contributed by atoms with Crippen molar-refractivity contribution >= 4 is 5.96 Å². The minimum absolute atomic E-state index is 0.153. The average Bonchev–Trinajstić information content (AvgIpc) is 2.78. The SMILES string of the molecule is CCNC(=NCc1ccc(OCCOc2ccccc2)nc1)NC1CCC(O)CC1. The van der Waals surface area contributed by atoms with Crippen LogP contribution in [0.3, 0.4) is 0 Å². The van der Waals surface area contributed by atoms with E-state index in [-0.39, 0.29) is 6.10 Å². The highest BCUT2D eigenvalue weighted by Gasteiger charge is 2.19. The molecule has 7 heteroatoms. The number of rotatable bonds is 9. The minimum atomic E-state index is -0.153. The summed E-state index contributed by atoms with van der Waals surface area (Å²) in [4.78, 5) is 9.02. The second-order valence-corrected chi connectivity index (χ2v) is 7.36. The number of pyridine rings is 1. The van der Waals surface area contributed by atoms with Gasteiger partial charge >= 0.3 is 0 Å². The molecule has 0 spiro atoms. The van der Waals surface area contributed by atoms with E-state index >= 15 is 0 Å². The number of guanidine groups is 1. The maximum Gasteiger partial charge on any atom is 0.213 e. The third-order valence-electron chi connectivity index (χ3n) is 4.94. The summed E-state index contributed by atoms with van der Waals surface area (Å²) < 4.78 is 11.2. The predicted molar refractivity (Wildman–Crippen MR) is 118 cm³/mol. The van der Waals surface area contributed by atoms with Gasteiger partial charge in [-0.3, -0.25) is 0 Å². The van der Waals surface area contributed by atoms with Crippen LogP contribution in [0.5, 0.6) is 11.6 Å². The van der Waals surface area contributed by atoms with E-state index in [1.165, 1.54) is 0 Å². The lowest BCUT2D eigenvalue weighted by Gasteiger charge is -2.27. The van der Waals surface area contributed by atoms with Crippen molar-refractivity contribution in [2.75, 3.05) is 19.8 Å². The Labute approximate surface area is 178 Å². The molecule has 0 amide bonds. The van der Waals surface area contributed by atoms with Crippen LogP contribution in [0.15, 0.2) is 53.7 Å². The zero-order valence-corrected chi connectivity index (χ0v) is 17.6. The van der Waals surface area contributed by atoms with Crippen molar-refractivity contribution in [3.63, 3.8) is 0 Å². The molecule has 1 fully saturated rings. The van der Waals surface area contributed by atoms with E-state index < -0.39 is 0 Å². The van der Waals surface area contributed by atoms with Crippen LogP contribution in [0, 0.1) is 0 Å². The smallest absolute Gasteiger partial charge is 0.213 e. The molecule has 0 unspecified atom stereocenters. The third kappa shape index (κ3) is 7.55. The summed E-state index contributed by atoms with van der Waals surface area (Å²) in [6.45, 7) is 4.29. The Morgan fingerprint density at radius 1 is 1.07 bits per heavy atom. The number of benzene rings is 1. The molecule has 3 N–H and O–H groups in total. The highest BCUT2D eigenvalue weighted by molar-refractivity contribution is 5.80. The zero-order chi connectivity index (χ0) is 21.0. The second-order valence-electron chi connectivity index (χ2n) is 7.36. The summed E-state index contributed by atoms with van der Waals surface area (Å²) in [6, 6.07) is 13.9. The number of hydrogen-bond acceptors (Lipinski definition) is 5. The number of hydrogen-bond donors (Lipinski definition) is 3. The van der Waals surface area contributed by atoms with Gasteiger partial charge in [-0.2, -0.15) is 0 Å². The number of ether oxygens (including phenoxy) is 2. The maximum atomic E-state index is 9.66. The highest BCUT2D eigenvalue weighted by atomic mass is 16.5. The van der Waals surface area contributed by atoms with E-state index in [0.717, 1.165) is 49.5 Å². The van der Waals surface area contributed by atoms with Gasteiger partial charge < -0.3 is 25.2 Å². The summed E-state index contributed by atoms with van der Waals surface area (Å²) >= 11 is 0. The highest BCUT2D eigenvalue weighted by Crippen LogP contribution is 2.18. The largest absolute Gasteiger partial charge is 0.490 e. The van der Waals surface area contributed by atoms with Gasteiger partial charge in [0.15, 0.2) is 5.96 Å². The molecule has 162 valence electrons. The molecule has 1 saturated carbocycles. The summed E-state index contributed by atoms with van der Waals surface area (Å²) in [7, 11) is 0. The Morgan fingerprint density at radius 3 is 2.53 bits per heavy atom. The lowest BCUT2D eigenvalue weighted by Crippen LogP contribution is -2.45. The standard InChI is InChI=1S/C23H32N4O3/c1-2-24-23(27-19-9-11-20(28)12-10-19)26-17-18-8-13-22(25-16-18)30-15-14-29-21-6-4-3-5-7-21/h3-8,13,16,19-20,28H,2,9-12,14-15,17H2,1H3,(H2,24,26,27). The van der Waals surface area contributed by atoms with E-state index in [1.807, 2.05) is 42.5 Å². The van der Waals surface area contributed by atoms with Gasteiger partial charge in [-0.1, -0.05) is 24.3 Å². The molecule has 1 aromatic carbocycles. The molecule has 1 aliphatic rings. The molecule has 2 aromatic rings. The molecule has 3 rings (SSSR count). The molecule has 0 bridgehead atoms. The lowest BCUT2D eigenvalue weighted by atomic mass is 9.93. The van der Waals surface area contributed by atoms with E-state index in [9.17, 15) is 5.11 Å². The van der Waals surface area contributed by atoms with Crippen LogP contribution in [0.2, 0.25) is 0 Å². The topological polar surface area (TPSA) is 88.0 Å². The van der Waals surface area contributed by atoms with Gasteiger partial charge in [0.25, 0.3) is 0 Å². The molecule has 1 aromatic heterocycles. The number of nitrogens with one attached hydrogen (secondary N) is 2. The molecule has 1 heterocycles. The number of aromatic nitrogens is 1. The van der Waals surface area contributed by atoms with Crippen molar-refractivity contribution < 1.29 is 14.6 Å². The fourth-order valence-electron chi connectivity index (χ4n) is 3.32. The molecule has 0 atom stereocenters. The minimum Gasteiger partial charge on any atom is -0.490 e. The van der Waals surface area contributed by atoms with Crippen molar-refractivity contribution in [1.82, 2.24) is 15.6 Å². The van der Waals surface area contributed by atoms with E-state index in [4.69, 9.17) is 9.47 Å². The summed E-state index contributed by atoms with van der Waals surface area (Å²) in [6.07, 6.45) is 5.26. The molecule has 30 heavy (non-hydrogen) atoms. The van der Waals surface area contributed by atoms with E-state index in [2.05, 4.69) is 27.5 Å². The van der Waals surface area contributed by atoms with Crippen LogP contribution >= 0.6 is 0 Å². The van der Waals surface area contributed by atoms with Crippen LogP contribution < -0.4 is 20.1 Å². The van der Waals surface area contributed by atoms with Crippen molar-refractivity contribution in [1.29, 1.82) is 0 Å². The zero-order valence-electron chi connectivity index (χ0n) is 17.6. The molecule has 0 aliphatic heterocycles. The normalized spacial score (nSPS) is 19.2. The summed E-state index contributed by atoms with van der Waals surface area (Å²) in [5, 5.41) is 16.4. The fourth-order valence-corrected chi connectivity index (χ4v) is 3.32. The van der Waals surface area contributed by atoms with E-state index in [0.29, 0.717) is 31.7 Å². The number of nitrogens with zero attached hydrogens (tertiary/aromatic N) is 2. The van der Waals surface area contributed by atoms with Crippen LogP contribution in [0.4, 0.5) is 0 Å². The summed E-state index contributed by atoms with van der Waals surface area (Å²) in [5.41, 5.74) is 1.01. The Morgan fingerprint density at radius 2 is 1.83 bits per heavy atom. The molecule has 7 nitrogen and oxygen atoms in total. The first-order valence-electron chi connectivity index (χ1n) is 10.7. The number of aliphatic hydroxyl groups excluding tert-OH is 1. The van der Waals surface area contributed by atoms with Gasteiger partial charge in [0.2, 0.25) is 5.88 Å². The molecule has 0 saturated heterocycles. The number of para-hydroxylation sites is 1. The van der Waals surface area contributed by atoms with E-state index in [1.54, 1.807) is 6.20 Å². The predicted octanol–water partition coefficient (Wildman–Crippen LogP) is 2.90. The Balaban J connectivity index is 1.42. The van der Waals surface area contributed by atoms with Crippen LogP contribution in [0.25, 0.3) is 0 Å². The quantitative estimate of drug-likeness (QED) is 0.333. The molecular weight excluding hydrogens is 380 g/mol. The second kappa shape index (κ2) is 12.0. The van der Waals surface area contributed by atoms with Gasteiger partial charge in [0, 0.05) is 24.8 Å². The van der Waals surface area contributed by atoms with Gasteiger partial charge in [-0.15, -0.1) is 0 Å². The first kappa shape index (κ1) is 21.9. The fraction of sp³-hybridized carbons (Fsp3) is 0.478. The average molecular weight is 413 g/mol. The van der Waals surface area contributed by atoms with Gasteiger partial charge in [-0.05, 0) is 50.3 Å². The Hall–Kier alpha value is -2.80. The van der Waals surface area contributed by atoms with Gasteiger partial charge in [0.1, 0.15) is 19.0 Å². The monoisotopic (exact) mass is 412 g/mol. The van der Waals surface area contributed by atoms with Crippen LogP contribution in [-0.2, 0) is 6.54 Å².